The number of hydrogen-bond donors (Lipinski definition) is 5. The number of nitrogens with zero attached hydrogens (tertiary/aromatic N) is 2. The predicted molar refractivity (Wildman–Crippen MR) is 238 cm³/mol. The summed E-state index contributed by atoms with van der Waals surface area (Å²) in [4.78, 5) is 73.4. The number of nitrogen functional groups attached to an aromatic ring is 1. The van der Waals surface area contributed by atoms with Crippen molar-refractivity contribution in [2.45, 2.75) is 180 Å². The maximum Gasteiger partial charge on any atom is 0.481 e. The number of allylic oxidation sites excluding steroid dienone is 4. The minimum Gasteiger partial charge on any atom is -0.462 e. The SMILES string of the molecule is CCCCCC(=O)/C=C/C=C\CCCCCCCC(=O)OC[C@H](COP(=O)(O)OP(=O)(O)OC[C@H]1O[C@@H](n2ccc(N)nc2=O)[C@H](O)[C@@H]1O)OC(=O)CCCCCCCCCC(C)C. The molecule has 1 aromatic rings. The van der Waals surface area contributed by atoms with E-state index in [1.807, 2.05) is 12.2 Å². The molecule has 2 heterocycles. The average Bonchev–Trinajstić information content (AvgIpc) is 3.50. The number of anilines is 1. The highest BCUT2D eigenvalue weighted by molar-refractivity contribution is 7.61. The fraction of sp³-hybridized carbons (Fsp3) is 0.744. The number of phosphoric acid groups is 2. The minimum atomic E-state index is -5.43. The van der Waals surface area contributed by atoms with Crippen LogP contribution in [-0.4, -0.2) is 91.5 Å². The molecule has 21 heteroatoms. The summed E-state index contributed by atoms with van der Waals surface area (Å²) >= 11 is 0. The molecule has 0 aromatic carbocycles. The van der Waals surface area contributed by atoms with Gasteiger partial charge in [0.1, 0.15) is 30.7 Å². The largest absolute Gasteiger partial charge is 0.481 e. The smallest absolute Gasteiger partial charge is 0.462 e. The number of aliphatic hydroxyl groups is 2. The van der Waals surface area contributed by atoms with Crippen molar-refractivity contribution in [2.24, 2.45) is 5.92 Å². The van der Waals surface area contributed by atoms with E-state index < -0.39 is 83.7 Å². The first kappa shape index (κ1) is 57.0. The molecule has 1 fully saturated rings. The number of carbonyl (C=O) groups excluding carboxylic acids is 3. The molecule has 1 aliphatic heterocycles. The third kappa shape index (κ3) is 25.6. The molecule has 2 unspecified atom stereocenters. The van der Waals surface area contributed by atoms with Gasteiger partial charge in [0.2, 0.25) is 0 Å². The van der Waals surface area contributed by atoms with Crippen molar-refractivity contribution in [1.82, 2.24) is 9.55 Å². The summed E-state index contributed by atoms with van der Waals surface area (Å²) in [5.41, 5.74) is 4.57. The Kier molecular flexibility index (Phi) is 28.3. The second-order valence-electron chi connectivity index (χ2n) is 16.4. The van der Waals surface area contributed by atoms with Crippen molar-refractivity contribution in [3.05, 3.63) is 47.1 Å². The van der Waals surface area contributed by atoms with Gasteiger partial charge in [0.15, 0.2) is 18.1 Å². The van der Waals surface area contributed by atoms with Gasteiger partial charge in [-0.2, -0.15) is 9.29 Å². The van der Waals surface area contributed by atoms with Crippen molar-refractivity contribution in [3.8, 4) is 0 Å². The van der Waals surface area contributed by atoms with Crippen LogP contribution in [0.25, 0.3) is 0 Å². The highest BCUT2D eigenvalue weighted by Gasteiger charge is 2.46. The van der Waals surface area contributed by atoms with Crippen LogP contribution < -0.4 is 11.4 Å². The number of hydrogen-bond acceptors (Lipinski definition) is 16. The van der Waals surface area contributed by atoms with E-state index in [2.05, 4.69) is 30.1 Å². The fourth-order valence-electron chi connectivity index (χ4n) is 6.60. The number of carbonyl (C=O) groups is 3. The normalized spacial score (nSPS) is 20.1. The number of nitrogens with two attached hydrogens (primary N) is 1. The van der Waals surface area contributed by atoms with E-state index in [0.29, 0.717) is 25.2 Å². The van der Waals surface area contributed by atoms with E-state index in [9.17, 15) is 48.3 Å². The molecule has 0 radical (unpaired) electrons. The average molecular weight is 950 g/mol. The molecular weight excluding hydrogens is 876 g/mol. The van der Waals surface area contributed by atoms with E-state index in [4.69, 9.17) is 29.0 Å². The second kappa shape index (κ2) is 31.8. The molecule has 7 atom stereocenters. The summed E-state index contributed by atoms with van der Waals surface area (Å²) in [6.07, 6.45) is 17.3. The molecule has 1 aromatic heterocycles. The van der Waals surface area contributed by atoms with Crippen LogP contribution >= 0.6 is 15.6 Å². The van der Waals surface area contributed by atoms with Crippen LogP contribution in [0.15, 0.2) is 41.4 Å². The molecular formula is C43H73N3O16P2. The Labute approximate surface area is 377 Å². The summed E-state index contributed by atoms with van der Waals surface area (Å²) in [6.45, 7) is 4.14. The summed E-state index contributed by atoms with van der Waals surface area (Å²) in [6, 6.07) is 1.24. The van der Waals surface area contributed by atoms with Crippen molar-refractivity contribution in [1.29, 1.82) is 0 Å². The lowest BCUT2D eigenvalue weighted by Crippen LogP contribution is -2.36. The summed E-state index contributed by atoms with van der Waals surface area (Å²) < 4.78 is 56.4. The van der Waals surface area contributed by atoms with Crippen LogP contribution in [-0.2, 0) is 51.1 Å². The van der Waals surface area contributed by atoms with Crippen LogP contribution in [0, 0.1) is 5.92 Å². The molecule has 1 saturated heterocycles. The zero-order valence-electron chi connectivity index (χ0n) is 37.7. The monoisotopic (exact) mass is 949 g/mol. The van der Waals surface area contributed by atoms with Crippen LogP contribution in [0.2, 0.25) is 0 Å². The molecule has 0 spiro atoms. The quantitative estimate of drug-likeness (QED) is 0.0145. The van der Waals surface area contributed by atoms with Gasteiger partial charge in [0.25, 0.3) is 0 Å². The Hall–Kier alpha value is -3.09. The van der Waals surface area contributed by atoms with Gasteiger partial charge in [-0.3, -0.25) is 28.0 Å². The molecule has 1 aliphatic rings. The Balaban J connectivity index is 1.84. The Bertz CT molecular complexity index is 1740. The van der Waals surface area contributed by atoms with E-state index in [1.54, 1.807) is 12.2 Å². The lowest BCUT2D eigenvalue weighted by Gasteiger charge is -2.21. The highest BCUT2D eigenvalue weighted by atomic mass is 31.3. The van der Waals surface area contributed by atoms with Gasteiger partial charge in [-0.1, -0.05) is 116 Å². The van der Waals surface area contributed by atoms with Crippen molar-refractivity contribution in [3.63, 3.8) is 0 Å². The van der Waals surface area contributed by atoms with Gasteiger partial charge >= 0.3 is 33.3 Å². The van der Waals surface area contributed by atoms with Gasteiger partial charge in [0, 0.05) is 25.5 Å². The Morgan fingerprint density at radius 2 is 1.44 bits per heavy atom. The fourth-order valence-corrected chi connectivity index (χ4v) is 8.71. The van der Waals surface area contributed by atoms with Crippen molar-refractivity contribution in [2.75, 3.05) is 25.6 Å². The molecule has 0 bridgehead atoms. The minimum absolute atomic E-state index is 0.0319. The van der Waals surface area contributed by atoms with Crippen LogP contribution in [0.5, 0.6) is 0 Å². The van der Waals surface area contributed by atoms with E-state index in [0.717, 1.165) is 94.2 Å². The number of esters is 2. The van der Waals surface area contributed by atoms with Gasteiger partial charge in [-0.05, 0) is 50.2 Å². The summed E-state index contributed by atoms with van der Waals surface area (Å²) in [5.74, 6) is -0.552. The first-order valence-electron chi connectivity index (χ1n) is 22.7. The zero-order chi connectivity index (χ0) is 47.4. The lowest BCUT2D eigenvalue weighted by atomic mass is 10.0. The molecule has 0 amide bonds. The van der Waals surface area contributed by atoms with E-state index in [-0.39, 0.29) is 24.4 Å². The van der Waals surface area contributed by atoms with Crippen LogP contribution in [0.3, 0.4) is 0 Å². The second-order valence-corrected chi connectivity index (χ2v) is 19.5. The first-order chi connectivity index (χ1) is 30.4. The Morgan fingerprint density at radius 1 is 0.828 bits per heavy atom. The maximum absolute atomic E-state index is 12.8. The summed E-state index contributed by atoms with van der Waals surface area (Å²) in [5, 5.41) is 20.8. The standard InChI is InChI=1S/C43H73N3O16P2/c1-4-5-18-24-34(47)25-20-15-11-7-6-8-12-16-21-26-38(48)57-30-35(60-39(49)27-22-17-13-9-10-14-19-23-33(2)3)31-58-63(53,54)62-64(55,56)59-32-36-40(50)41(51)42(61-36)46-29-28-37(44)45-43(46)52/h11,15,20,25,28-29,33,35-36,40-42,50-51H,4-10,12-14,16-19,21-24,26-27,30-32H2,1-3H3,(H,53,54)(H,55,56)(H2,44,45,52)/b15-11-,25-20+/t35-,36-,40-,41-,42-/m1/s1. The summed E-state index contributed by atoms with van der Waals surface area (Å²) in [7, 11) is -10.9. The van der Waals surface area contributed by atoms with Gasteiger partial charge < -0.3 is 39.9 Å². The molecule has 2 rings (SSSR count). The van der Waals surface area contributed by atoms with E-state index >= 15 is 0 Å². The van der Waals surface area contributed by atoms with Gasteiger partial charge in [-0.25, -0.2) is 13.9 Å². The lowest BCUT2D eigenvalue weighted by molar-refractivity contribution is -0.161. The third-order valence-electron chi connectivity index (χ3n) is 10.2. The van der Waals surface area contributed by atoms with Gasteiger partial charge in [-0.15, -0.1) is 0 Å². The van der Waals surface area contributed by atoms with Crippen LogP contribution in [0.4, 0.5) is 5.82 Å². The third-order valence-corrected chi connectivity index (χ3v) is 12.8. The first-order valence-corrected chi connectivity index (χ1v) is 25.7. The highest BCUT2D eigenvalue weighted by Crippen LogP contribution is 2.60. The number of ether oxygens (including phenoxy) is 3. The van der Waals surface area contributed by atoms with Crippen LogP contribution in [0.1, 0.15) is 155 Å². The molecule has 366 valence electrons. The van der Waals surface area contributed by atoms with Gasteiger partial charge in [0.05, 0.1) is 13.2 Å². The number of aromatic nitrogens is 2. The molecule has 19 nitrogen and oxygen atoms in total. The number of unbranched alkanes of at least 4 members (excludes halogenated alkanes) is 13. The number of ketones is 1. The van der Waals surface area contributed by atoms with Crippen molar-refractivity contribution < 1.29 is 71.1 Å². The molecule has 0 aliphatic carbocycles. The number of rotatable bonds is 36. The Morgan fingerprint density at radius 3 is 2.09 bits per heavy atom. The zero-order valence-corrected chi connectivity index (χ0v) is 39.5. The molecule has 0 saturated carbocycles. The van der Waals surface area contributed by atoms with Crippen molar-refractivity contribution >= 4 is 39.2 Å². The topological polar surface area (TPSA) is 283 Å². The number of aliphatic hydroxyl groups excluding tert-OH is 2. The van der Waals surface area contributed by atoms with E-state index in [1.165, 1.54) is 18.9 Å². The molecule has 6 N–H and O–H groups in total. The number of phosphoric ester groups is 2. The molecule has 64 heavy (non-hydrogen) atoms. The maximum atomic E-state index is 12.8. The predicted octanol–water partition coefficient (Wildman–Crippen LogP) is 7.31.